The highest BCUT2D eigenvalue weighted by Crippen LogP contribution is 2.26. The second-order valence-corrected chi connectivity index (χ2v) is 3.55. The molecule has 0 aliphatic heterocycles. The molecule has 2 rings (SSSR count). The molecule has 1 fully saturated rings. The molecule has 3 heteroatoms. The molecule has 1 aliphatic rings. The highest BCUT2D eigenvalue weighted by atomic mass is 15.3. The summed E-state index contributed by atoms with van der Waals surface area (Å²) in [6.07, 6.45) is 8.54. The van der Waals surface area contributed by atoms with Crippen LogP contribution in [0, 0.1) is 0 Å². The van der Waals surface area contributed by atoms with Crippen molar-refractivity contribution in [3.8, 4) is 0 Å². The zero-order valence-corrected chi connectivity index (χ0v) is 7.19. The fourth-order valence-corrected chi connectivity index (χ4v) is 1.86. The average Bonchev–Trinajstić information content (AvgIpc) is 2.58. The number of hydrogen-bond donors (Lipinski definition) is 1. The maximum absolute atomic E-state index is 5.82. The Morgan fingerprint density at radius 1 is 1.25 bits per heavy atom. The molecule has 1 heterocycles. The maximum Gasteiger partial charge on any atom is 0.0520 e. The van der Waals surface area contributed by atoms with Gasteiger partial charge in [0.05, 0.1) is 6.04 Å². The standard InChI is InChI=1S/C9H15N3/c10-8-2-4-9(5-3-8)12-7-1-6-11-12/h1,6-9H,2-5,10H2/t8-,9-. The fourth-order valence-electron chi connectivity index (χ4n) is 1.86. The summed E-state index contributed by atoms with van der Waals surface area (Å²) in [5.41, 5.74) is 5.82. The Hall–Kier alpha value is -0.830. The van der Waals surface area contributed by atoms with E-state index in [-0.39, 0.29) is 0 Å². The lowest BCUT2D eigenvalue weighted by atomic mass is 9.92. The predicted molar refractivity (Wildman–Crippen MR) is 47.7 cm³/mol. The molecule has 0 aromatic carbocycles. The van der Waals surface area contributed by atoms with E-state index in [0.717, 1.165) is 12.8 Å². The largest absolute Gasteiger partial charge is 0.328 e. The van der Waals surface area contributed by atoms with E-state index in [9.17, 15) is 0 Å². The molecule has 0 atom stereocenters. The Kier molecular flexibility index (Phi) is 2.13. The van der Waals surface area contributed by atoms with Crippen LogP contribution in [-0.2, 0) is 0 Å². The Bertz CT molecular complexity index is 222. The van der Waals surface area contributed by atoms with Crippen molar-refractivity contribution in [3.05, 3.63) is 18.5 Å². The van der Waals surface area contributed by atoms with Gasteiger partial charge in [0.1, 0.15) is 0 Å². The summed E-state index contributed by atoms with van der Waals surface area (Å²) in [5.74, 6) is 0. The number of nitrogens with zero attached hydrogens (tertiary/aromatic N) is 2. The van der Waals surface area contributed by atoms with Gasteiger partial charge in [0.25, 0.3) is 0 Å². The zero-order valence-electron chi connectivity index (χ0n) is 7.19. The summed E-state index contributed by atoms with van der Waals surface area (Å²) in [4.78, 5) is 0. The first-order valence-corrected chi connectivity index (χ1v) is 4.61. The molecule has 12 heavy (non-hydrogen) atoms. The Balaban J connectivity index is 1.99. The molecule has 1 aliphatic carbocycles. The highest BCUT2D eigenvalue weighted by molar-refractivity contribution is 4.84. The van der Waals surface area contributed by atoms with Crippen molar-refractivity contribution in [2.24, 2.45) is 5.73 Å². The van der Waals surface area contributed by atoms with Crippen molar-refractivity contribution in [1.82, 2.24) is 9.78 Å². The van der Waals surface area contributed by atoms with E-state index in [1.54, 1.807) is 0 Å². The van der Waals surface area contributed by atoms with Crippen LogP contribution >= 0.6 is 0 Å². The third-order valence-corrected chi connectivity index (χ3v) is 2.64. The van der Waals surface area contributed by atoms with Gasteiger partial charge in [-0.3, -0.25) is 4.68 Å². The first kappa shape index (κ1) is 7.80. The van der Waals surface area contributed by atoms with Crippen LogP contribution in [0.5, 0.6) is 0 Å². The van der Waals surface area contributed by atoms with Crippen LogP contribution in [0.25, 0.3) is 0 Å². The van der Waals surface area contributed by atoms with Gasteiger partial charge in [-0.15, -0.1) is 0 Å². The van der Waals surface area contributed by atoms with E-state index in [2.05, 4.69) is 9.78 Å². The summed E-state index contributed by atoms with van der Waals surface area (Å²) in [6, 6.07) is 3.01. The molecule has 0 saturated heterocycles. The summed E-state index contributed by atoms with van der Waals surface area (Å²) in [5, 5.41) is 4.24. The van der Waals surface area contributed by atoms with Crippen LogP contribution in [0.1, 0.15) is 31.7 Å². The zero-order chi connectivity index (χ0) is 8.39. The molecule has 0 spiro atoms. The highest BCUT2D eigenvalue weighted by Gasteiger charge is 2.19. The number of rotatable bonds is 1. The second-order valence-electron chi connectivity index (χ2n) is 3.55. The molecule has 1 saturated carbocycles. The molecular formula is C9H15N3. The van der Waals surface area contributed by atoms with E-state index in [0.29, 0.717) is 12.1 Å². The van der Waals surface area contributed by atoms with Crippen molar-refractivity contribution in [2.45, 2.75) is 37.8 Å². The lowest BCUT2D eigenvalue weighted by Crippen LogP contribution is -2.27. The number of nitrogens with two attached hydrogens (primary N) is 1. The minimum Gasteiger partial charge on any atom is -0.328 e. The number of hydrogen-bond acceptors (Lipinski definition) is 2. The Labute approximate surface area is 72.6 Å². The van der Waals surface area contributed by atoms with Gasteiger partial charge in [-0.25, -0.2) is 0 Å². The first-order valence-electron chi connectivity index (χ1n) is 4.61. The molecule has 0 amide bonds. The summed E-state index contributed by atoms with van der Waals surface area (Å²) in [7, 11) is 0. The van der Waals surface area contributed by atoms with Crippen LogP contribution in [-0.4, -0.2) is 15.8 Å². The topological polar surface area (TPSA) is 43.8 Å². The molecule has 1 aromatic heterocycles. The van der Waals surface area contributed by atoms with E-state index in [1.165, 1.54) is 12.8 Å². The van der Waals surface area contributed by atoms with Crippen LogP contribution < -0.4 is 5.73 Å². The quantitative estimate of drug-likeness (QED) is 0.682. The molecule has 0 bridgehead atoms. The fraction of sp³-hybridized carbons (Fsp3) is 0.667. The maximum atomic E-state index is 5.82. The van der Waals surface area contributed by atoms with Gasteiger partial charge in [-0.2, -0.15) is 5.10 Å². The average molecular weight is 165 g/mol. The summed E-state index contributed by atoms with van der Waals surface area (Å²) < 4.78 is 2.06. The smallest absolute Gasteiger partial charge is 0.0520 e. The predicted octanol–water partition coefficient (Wildman–Crippen LogP) is 1.33. The van der Waals surface area contributed by atoms with Gasteiger partial charge in [0.15, 0.2) is 0 Å². The van der Waals surface area contributed by atoms with E-state index in [4.69, 9.17) is 5.73 Å². The SMILES string of the molecule is N[C@H]1CC[C@H](n2cccn2)CC1. The Morgan fingerprint density at radius 2 is 2.00 bits per heavy atom. The van der Waals surface area contributed by atoms with Crippen molar-refractivity contribution in [1.29, 1.82) is 0 Å². The van der Waals surface area contributed by atoms with Crippen LogP contribution in [0.4, 0.5) is 0 Å². The van der Waals surface area contributed by atoms with E-state index < -0.39 is 0 Å². The molecule has 0 radical (unpaired) electrons. The van der Waals surface area contributed by atoms with Gasteiger partial charge >= 0.3 is 0 Å². The first-order chi connectivity index (χ1) is 5.86. The van der Waals surface area contributed by atoms with E-state index in [1.807, 2.05) is 18.5 Å². The second kappa shape index (κ2) is 3.27. The molecule has 0 unspecified atom stereocenters. The van der Waals surface area contributed by atoms with Crippen molar-refractivity contribution >= 4 is 0 Å². The molecular weight excluding hydrogens is 150 g/mol. The van der Waals surface area contributed by atoms with Crippen molar-refractivity contribution in [3.63, 3.8) is 0 Å². The van der Waals surface area contributed by atoms with Gasteiger partial charge in [-0.1, -0.05) is 0 Å². The van der Waals surface area contributed by atoms with Crippen molar-refractivity contribution in [2.75, 3.05) is 0 Å². The van der Waals surface area contributed by atoms with E-state index >= 15 is 0 Å². The van der Waals surface area contributed by atoms with Gasteiger partial charge in [0, 0.05) is 18.4 Å². The minimum absolute atomic E-state index is 0.428. The minimum atomic E-state index is 0.428. The third-order valence-electron chi connectivity index (χ3n) is 2.64. The van der Waals surface area contributed by atoms with Gasteiger partial charge in [-0.05, 0) is 31.7 Å². The van der Waals surface area contributed by atoms with Crippen molar-refractivity contribution < 1.29 is 0 Å². The normalized spacial score (nSPS) is 30.4. The molecule has 3 nitrogen and oxygen atoms in total. The van der Waals surface area contributed by atoms with Crippen LogP contribution in [0.3, 0.4) is 0 Å². The lowest BCUT2D eigenvalue weighted by Gasteiger charge is -2.26. The van der Waals surface area contributed by atoms with Gasteiger partial charge < -0.3 is 5.73 Å². The monoisotopic (exact) mass is 165 g/mol. The third kappa shape index (κ3) is 1.50. The Morgan fingerprint density at radius 3 is 2.58 bits per heavy atom. The molecule has 1 aromatic rings. The summed E-state index contributed by atoms with van der Waals surface area (Å²) >= 11 is 0. The summed E-state index contributed by atoms with van der Waals surface area (Å²) in [6.45, 7) is 0. The van der Waals surface area contributed by atoms with Gasteiger partial charge in [0.2, 0.25) is 0 Å². The van der Waals surface area contributed by atoms with Crippen LogP contribution in [0.15, 0.2) is 18.5 Å². The number of aromatic nitrogens is 2. The molecule has 2 N–H and O–H groups in total. The van der Waals surface area contributed by atoms with Crippen LogP contribution in [0.2, 0.25) is 0 Å². The lowest BCUT2D eigenvalue weighted by molar-refractivity contribution is 0.304. The molecule has 66 valence electrons.